The average molecular weight is 194 g/mol. The van der Waals surface area contributed by atoms with E-state index in [1.807, 2.05) is 18.5 Å². The van der Waals surface area contributed by atoms with Gasteiger partial charge in [0.1, 0.15) is 11.6 Å². The summed E-state index contributed by atoms with van der Waals surface area (Å²) in [6, 6.07) is 0. The van der Waals surface area contributed by atoms with E-state index < -0.39 is 0 Å². The van der Waals surface area contributed by atoms with Crippen LogP contribution >= 0.6 is 0 Å². The summed E-state index contributed by atoms with van der Waals surface area (Å²) in [6.45, 7) is 7.28. The second-order valence-corrected chi connectivity index (χ2v) is 4.10. The maximum atomic E-state index is 4.38. The van der Waals surface area contributed by atoms with Crippen LogP contribution in [0.25, 0.3) is 0 Å². The molecule has 0 spiro atoms. The lowest BCUT2D eigenvalue weighted by Crippen LogP contribution is -2.32. The van der Waals surface area contributed by atoms with Crippen molar-refractivity contribution in [2.45, 2.75) is 33.2 Å². The summed E-state index contributed by atoms with van der Waals surface area (Å²) in [5.41, 5.74) is 0. The fourth-order valence-electron chi connectivity index (χ4n) is 2.06. The van der Waals surface area contributed by atoms with Crippen LogP contribution in [0, 0.1) is 19.8 Å². The predicted octanol–water partition coefficient (Wildman–Crippen LogP) is 0.895. The zero-order valence-corrected chi connectivity index (χ0v) is 8.95. The largest absolute Gasteiger partial charge is 0.316 e. The van der Waals surface area contributed by atoms with Crippen LogP contribution in [0.15, 0.2) is 0 Å². The molecule has 4 heteroatoms. The van der Waals surface area contributed by atoms with Crippen molar-refractivity contribution < 1.29 is 0 Å². The van der Waals surface area contributed by atoms with Crippen molar-refractivity contribution in [3.63, 3.8) is 0 Å². The molecule has 0 radical (unpaired) electrons. The molecule has 4 nitrogen and oxygen atoms in total. The zero-order valence-electron chi connectivity index (χ0n) is 8.95. The highest BCUT2D eigenvalue weighted by atomic mass is 15.3. The smallest absolute Gasteiger partial charge is 0.147 e. The highest BCUT2D eigenvalue weighted by molar-refractivity contribution is 4.88. The van der Waals surface area contributed by atoms with Crippen LogP contribution < -0.4 is 5.32 Å². The first-order valence-electron chi connectivity index (χ1n) is 5.34. The van der Waals surface area contributed by atoms with E-state index >= 15 is 0 Å². The van der Waals surface area contributed by atoms with Gasteiger partial charge in [0.25, 0.3) is 0 Å². The van der Waals surface area contributed by atoms with Gasteiger partial charge in [0.2, 0.25) is 0 Å². The van der Waals surface area contributed by atoms with Gasteiger partial charge >= 0.3 is 0 Å². The van der Waals surface area contributed by atoms with Gasteiger partial charge in [-0.3, -0.25) is 0 Å². The number of aryl methyl sites for hydroxylation is 2. The molecule has 0 amide bonds. The van der Waals surface area contributed by atoms with Gasteiger partial charge < -0.3 is 5.32 Å². The lowest BCUT2D eigenvalue weighted by molar-refractivity contribution is 0.322. The lowest BCUT2D eigenvalue weighted by Gasteiger charge is -2.22. The Balaban J connectivity index is 1.98. The van der Waals surface area contributed by atoms with Crippen molar-refractivity contribution in [2.24, 2.45) is 5.92 Å². The van der Waals surface area contributed by atoms with Crippen molar-refractivity contribution in [1.29, 1.82) is 0 Å². The normalized spacial score (nSPS) is 22.6. The first kappa shape index (κ1) is 9.65. The summed E-state index contributed by atoms with van der Waals surface area (Å²) in [4.78, 5) is 4.31. The lowest BCUT2D eigenvalue weighted by atomic mass is 10.00. The molecule has 0 aromatic carbocycles. The molecule has 1 N–H and O–H groups in total. The van der Waals surface area contributed by atoms with Crippen molar-refractivity contribution >= 4 is 0 Å². The molecule has 1 unspecified atom stereocenters. The first-order valence-corrected chi connectivity index (χ1v) is 5.34. The molecular weight excluding hydrogens is 176 g/mol. The van der Waals surface area contributed by atoms with E-state index in [-0.39, 0.29) is 0 Å². The highest BCUT2D eigenvalue weighted by Gasteiger charge is 2.15. The molecule has 0 aliphatic carbocycles. The molecule has 1 atom stereocenters. The minimum Gasteiger partial charge on any atom is -0.316 e. The summed E-state index contributed by atoms with van der Waals surface area (Å²) < 4.78 is 2.03. The fourth-order valence-corrected chi connectivity index (χ4v) is 2.06. The Kier molecular flexibility index (Phi) is 2.82. The van der Waals surface area contributed by atoms with Crippen LogP contribution in [0.1, 0.15) is 24.5 Å². The van der Waals surface area contributed by atoms with Gasteiger partial charge in [0, 0.05) is 6.54 Å². The van der Waals surface area contributed by atoms with Crippen LogP contribution in [-0.4, -0.2) is 27.9 Å². The van der Waals surface area contributed by atoms with Gasteiger partial charge in [-0.25, -0.2) is 9.67 Å². The van der Waals surface area contributed by atoms with E-state index in [0.29, 0.717) is 0 Å². The summed E-state index contributed by atoms with van der Waals surface area (Å²) in [7, 11) is 0. The molecule has 1 aliphatic rings. The fraction of sp³-hybridized carbons (Fsp3) is 0.800. The van der Waals surface area contributed by atoms with Crippen LogP contribution in [0.5, 0.6) is 0 Å². The van der Waals surface area contributed by atoms with Crippen molar-refractivity contribution in [2.75, 3.05) is 13.1 Å². The molecule has 2 heterocycles. The highest BCUT2D eigenvalue weighted by Crippen LogP contribution is 2.12. The average Bonchev–Trinajstić information content (AvgIpc) is 2.47. The summed E-state index contributed by atoms with van der Waals surface area (Å²) in [5, 5.41) is 7.80. The van der Waals surface area contributed by atoms with E-state index in [9.17, 15) is 0 Å². The second kappa shape index (κ2) is 4.09. The number of hydrogen-bond acceptors (Lipinski definition) is 3. The molecule has 14 heavy (non-hydrogen) atoms. The third-order valence-corrected chi connectivity index (χ3v) is 2.79. The SMILES string of the molecule is Cc1nc(C)n(CC2CCCNC2)n1. The third-order valence-electron chi connectivity index (χ3n) is 2.79. The Morgan fingerprint density at radius 3 is 2.93 bits per heavy atom. The Bertz CT molecular complexity index is 299. The van der Waals surface area contributed by atoms with Gasteiger partial charge in [0.15, 0.2) is 0 Å². The molecule has 0 bridgehead atoms. The predicted molar refractivity (Wildman–Crippen MR) is 55.1 cm³/mol. The summed E-state index contributed by atoms with van der Waals surface area (Å²) >= 11 is 0. The number of hydrogen-bond donors (Lipinski definition) is 1. The van der Waals surface area contributed by atoms with E-state index in [1.54, 1.807) is 0 Å². The van der Waals surface area contributed by atoms with E-state index in [2.05, 4.69) is 15.4 Å². The van der Waals surface area contributed by atoms with E-state index in [4.69, 9.17) is 0 Å². The number of rotatable bonds is 2. The molecule has 1 saturated heterocycles. The standard InChI is InChI=1S/C10H18N4/c1-8-12-9(2)14(13-8)7-10-4-3-5-11-6-10/h10-11H,3-7H2,1-2H3. The topological polar surface area (TPSA) is 42.7 Å². The molecule has 1 aliphatic heterocycles. The maximum absolute atomic E-state index is 4.38. The minimum absolute atomic E-state index is 0.726. The van der Waals surface area contributed by atoms with Gasteiger partial charge in [0.05, 0.1) is 0 Å². The van der Waals surface area contributed by atoms with Crippen LogP contribution in [0.3, 0.4) is 0 Å². The quantitative estimate of drug-likeness (QED) is 0.760. The molecule has 1 fully saturated rings. The third kappa shape index (κ3) is 2.12. The van der Waals surface area contributed by atoms with Crippen molar-refractivity contribution in [3.05, 3.63) is 11.6 Å². The number of nitrogens with zero attached hydrogens (tertiary/aromatic N) is 3. The first-order chi connectivity index (χ1) is 6.75. The Morgan fingerprint density at radius 2 is 2.36 bits per heavy atom. The number of aromatic nitrogens is 3. The molecule has 1 aromatic rings. The van der Waals surface area contributed by atoms with E-state index in [0.717, 1.165) is 30.7 Å². The Hall–Kier alpha value is -0.900. The van der Waals surface area contributed by atoms with Gasteiger partial charge in [-0.2, -0.15) is 5.10 Å². The number of nitrogens with one attached hydrogen (secondary N) is 1. The van der Waals surface area contributed by atoms with Gasteiger partial charge in [-0.05, 0) is 45.7 Å². The van der Waals surface area contributed by atoms with Crippen LogP contribution in [-0.2, 0) is 6.54 Å². The van der Waals surface area contributed by atoms with E-state index in [1.165, 1.54) is 19.4 Å². The van der Waals surface area contributed by atoms with Crippen molar-refractivity contribution in [1.82, 2.24) is 20.1 Å². The van der Waals surface area contributed by atoms with Gasteiger partial charge in [-0.15, -0.1) is 0 Å². The Morgan fingerprint density at radius 1 is 1.50 bits per heavy atom. The maximum Gasteiger partial charge on any atom is 0.147 e. The molecule has 1 aromatic heterocycles. The minimum atomic E-state index is 0.726. The monoisotopic (exact) mass is 194 g/mol. The van der Waals surface area contributed by atoms with Crippen LogP contribution in [0.4, 0.5) is 0 Å². The molecule has 78 valence electrons. The Labute approximate surface area is 84.7 Å². The second-order valence-electron chi connectivity index (χ2n) is 4.10. The summed E-state index contributed by atoms with van der Waals surface area (Å²) in [5.74, 6) is 2.64. The summed E-state index contributed by atoms with van der Waals surface area (Å²) in [6.07, 6.45) is 2.60. The van der Waals surface area contributed by atoms with Gasteiger partial charge in [-0.1, -0.05) is 0 Å². The van der Waals surface area contributed by atoms with Crippen molar-refractivity contribution in [3.8, 4) is 0 Å². The zero-order chi connectivity index (χ0) is 9.97. The molecule has 0 saturated carbocycles. The molecule has 2 rings (SSSR count). The molecular formula is C10H18N4. The number of piperidine rings is 1. The van der Waals surface area contributed by atoms with Crippen LogP contribution in [0.2, 0.25) is 0 Å².